The molecule has 0 radical (unpaired) electrons. The number of hydrogen-bond donors (Lipinski definition) is 1. The van der Waals surface area contributed by atoms with Gasteiger partial charge in [-0.15, -0.1) is 0 Å². The summed E-state index contributed by atoms with van der Waals surface area (Å²) in [4.78, 5) is 22.1. The molecule has 5 nitrogen and oxygen atoms in total. The van der Waals surface area contributed by atoms with Crippen molar-refractivity contribution < 1.29 is 14.1 Å². The lowest BCUT2D eigenvalue weighted by Crippen LogP contribution is -2.12. The first-order valence-electron chi connectivity index (χ1n) is 5.48. The second-order valence-electron chi connectivity index (χ2n) is 3.89. The molecule has 0 bridgehead atoms. The summed E-state index contributed by atoms with van der Waals surface area (Å²) < 4.78 is 13.5. The van der Waals surface area contributed by atoms with Crippen LogP contribution in [0.15, 0.2) is 46.9 Å². The average molecular weight is 339 g/mol. The van der Waals surface area contributed by atoms with E-state index in [2.05, 4.69) is 21.2 Å². The number of halogens is 2. The maximum absolute atomic E-state index is 13.0. The monoisotopic (exact) mass is 338 g/mol. The van der Waals surface area contributed by atoms with Crippen LogP contribution in [-0.2, 0) is 0 Å². The lowest BCUT2D eigenvalue weighted by Gasteiger charge is -2.07. The molecule has 0 aliphatic rings. The number of nitro benzene ring substituents is 1. The van der Waals surface area contributed by atoms with Crippen molar-refractivity contribution in [2.24, 2.45) is 0 Å². The summed E-state index contributed by atoms with van der Waals surface area (Å²) in [5.74, 6) is -1.08. The quantitative estimate of drug-likeness (QED) is 0.684. The van der Waals surface area contributed by atoms with Crippen molar-refractivity contribution in [3.63, 3.8) is 0 Å². The molecule has 0 aromatic heterocycles. The molecule has 0 aliphatic carbocycles. The number of amides is 1. The summed E-state index contributed by atoms with van der Waals surface area (Å²) >= 11 is 3.18. The largest absolute Gasteiger partial charge is 0.321 e. The fourth-order valence-corrected chi connectivity index (χ4v) is 1.89. The van der Waals surface area contributed by atoms with E-state index in [1.807, 2.05) is 0 Å². The van der Waals surface area contributed by atoms with E-state index in [0.29, 0.717) is 4.47 Å². The smallest absolute Gasteiger partial charge is 0.271 e. The van der Waals surface area contributed by atoms with Crippen molar-refractivity contribution in [2.75, 3.05) is 5.32 Å². The number of anilines is 1. The van der Waals surface area contributed by atoms with Crippen molar-refractivity contribution >= 4 is 33.2 Å². The highest BCUT2D eigenvalue weighted by molar-refractivity contribution is 9.10. The summed E-state index contributed by atoms with van der Waals surface area (Å²) in [6.45, 7) is 0. The fraction of sp³-hybridized carbons (Fsp3) is 0. The number of non-ortho nitro benzene ring substituents is 1. The van der Waals surface area contributed by atoms with Crippen LogP contribution in [0.1, 0.15) is 10.4 Å². The van der Waals surface area contributed by atoms with Gasteiger partial charge in [0.1, 0.15) is 5.82 Å². The Kier molecular flexibility index (Phi) is 4.09. The molecule has 1 N–H and O–H groups in total. The van der Waals surface area contributed by atoms with Crippen LogP contribution in [0, 0.1) is 15.9 Å². The zero-order chi connectivity index (χ0) is 14.7. The van der Waals surface area contributed by atoms with Crippen LogP contribution in [0.25, 0.3) is 0 Å². The molecular weight excluding hydrogens is 331 g/mol. The third-order valence-corrected chi connectivity index (χ3v) is 3.19. The normalized spacial score (nSPS) is 10.1. The molecule has 20 heavy (non-hydrogen) atoms. The van der Waals surface area contributed by atoms with Crippen molar-refractivity contribution in [1.29, 1.82) is 0 Å². The lowest BCUT2D eigenvalue weighted by atomic mass is 10.2. The molecule has 7 heteroatoms. The number of nitro groups is 1. The van der Waals surface area contributed by atoms with Gasteiger partial charge in [-0.05, 0) is 40.2 Å². The molecule has 2 aromatic rings. The number of nitrogens with zero attached hydrogens (tertiary/aromatic N) is 1. The number of carbonyl (C=O) groups excluding carboxylic acids is 1. The van der Waals surface area contributed by atoms with Gasteiger partial charge < -0.3 is 5.32 Å². The molecule has 0 aliphatic heterocycles. The molecule has 0 atom stereocenters. The van der Waals surface area contributed by atoms with Crippen LogP contribution >= 0.6 is 15.9 Å². The van der Waals surface area contributed by atoms with Gasteiger partial charge in [0.2, 0.25) is 0 Å². The Hall–Kier alpha value is -2.28. The summed E-state index contributed by atoms with van der Waals surface area (Å²) in [6.07, 6.45) is 0. The first kappa shape index (κ1) is 14.1. The van der Waals surface area contributed by atoms with E-state index in [0.717, 1.165) is 6.07 Å². The molecule has 0 spiro atoms. The van der Waals surface area contributed by atoms with Gasteiger partial charge in [0.05, 0.1) is 10.6 Å². The standard InChI is InChI=1S/C13H8BrFN2O3/c14-11-5-4-10(17(19)20)7-12(11)16-13(18)8-2-1-3-9(15)6-8/h1-7H,(H,16,18). The first-order chi connectivity index (χ1) is 9.47. The van der Waals surface area contributed by atoms with Gasteiger partial charge in [0, 0.05) is 22.2 Å². The van der Waals surface area contributed by atoms with Crippen molar-refractivity contribution in [3.8, 4) is 0 Å². The van der Waals surface area contributed by atoms with Crippen LogP contribution in [0.3, 0.4) is 0 Å². The highest BCUT2D eigenvalue weighted by Gasteiger charge is 2.13. The maximum atomic E-state index is 13.0. The number of rotatable bonds is 3. The van der Waals surface area contributed by atoms with Gasteiger partial charge in [-0.3, -0.25) is 14.9 Å². The van der Waals surface area contributed by atoms with E-state index in [9.17, 15) is 19.3 Å². The minimum absolute atomic E-state index is 0.128. The van der Waals surface area contributed by atoms with Crippen molar-refractivity contribution in [2.45, 2.75) is 0 Å². The molecule has 0 fully saturated rings. The fourth-order valence-electron chi connectivity index (χ4n) is 1.55. The first-order valence-corrected chi connectivity index (χ1v) is 6.27. The summed E-state index contributed by atoms with van der Waals surface area (Å²) in [5.41, 5.74) is 0.222. The van der Waals surface area contributed by atoms with Crippen LogP contribution in [0.5, 0.6) is 0 Å². The van der Waals surface area contributed by atoms with Crippen LogP contribution in [0.4, 0.5) is 15.8 Å². The summed E-state index contributed by atoms with van der Waals surface area (Å²) in [7, 11) is 0. The number of hydrogen-bond acceptors (Lipinski definition) is 3. The second kappa shape index (κ2) is 5.79. The minimum Gasteiger partial charge on any atom is -0.321 e. The molecule has 0 unspecified atom stereocenters. The molecule has 2 rings (SSSR count). The summed E-state index contributed by atoms with van der Waals surface area (Å²) in [5, 5.41) is 13.2. The van der Waals surface area contributed by atoms with E-state index in [1.165, 1.54) is 36.4 Å². The van der Waals surface area contributed by atoms with E-state index in [1.54, 1.807) is 0 Å². The third kappa shape index (κ3) is 3.18. The Morgan fingerprint density at radius 2 is 2.00 bits per heavy atom. The Labute approximate surface area is 121 Å². The zero-order valence-corrected chi connectivity index (χ0v) is 11.6. The SMILES string of the molecule is O=C(Nc1cc([N+](=O)[O-])ccc1Br)c1cccc(F)c1. The minimum atomic E-state index is -0.565. The van der Waals surface area contributed by atoms with Crippen LogP contribution in [0.2, 0.25) is 0 Å². The van der Waals surface area contributed by atoms with Gasteiger partial charge in [-0.25, -0.2) is 4.39 Å². The molecule has 1 amide bonds. The van der Waals surface area contributed by atoms with Crippen molar-refractivity contribution in [3.05, 3.63) is 68.4 Å². The third-order valence-electron chi connectivity index (χ3n) is 2.50. The van der Waals surface area contributed by atoms with Gasteiger partial charge in [0.25, 0.3) is 11.6 Å². The molecule has 0 heterocycles. The topological polar surface area (TPSA) is 72.2 Å². The van der Waals surface area contributed by atoms with Gasteiger partial charge in [-0.1, -0.05) is 6.07 Å². The molecule has 0 saturated carbocycles. The number of benzene rings is 2. The molecule has 2 aromatic carbocycles. The van der Waals surface area contributed by atoms with E-state index in [-0.39, 0.29) is 16.9 Å². The Bertz CT molecular complexity index is 691. The number of carbonyl (C=O) groups is 1. The highest BCUT2D eigenvalue weighted by atomic mass is 79.9. The Balaban J connectivity index is 2.27. The maximum Gasteiger partial charge on any atom is 0.271 e. The van der Waals surface area contributed by atoms with Gasteiger partial charge in [0.15, 0.2) is 0 Å². The summed E-state index contributed by atoms with van der Waals surface area (Å²) in [6, 6.07) is 9.15. The van der Waals surface area contributed by atoms with Gasteiger partial charge in [-0.2, -0.15) is 0 Å². The van der Waals surface area contributed by atoms with E-state index in [4.69, 9.17) is 0 Å². The molecule has 0 saturated heterocycles. The zero-order valence-electron chi connectivity index (χ0n) is 9.97. The molecule has 102 valence electrons. The average Bonchev–Trinajstić information content (AvgIpc) is 2.41. The Morgan fingerprint density at radius 3 is 2.65 bits per heavy atom. The van der Waals surface area contributed by atoms with Crippen LogP contribution in [-0.4, -0.2) is 10.8 Å². The van der Waals surface area contributed by atoms with E-state index < -0.39 is 16.6 Å². The van der Waals surface area contributed by atoms with Crippen LogP contribution < -0.4 is 5.32 Å². The van der Waals surface area contributed by atoms with E-state index >= 15 is 0 Å². The lowest BCUT2D eigenvalue weighted by molar-refractivity contribution is -0.384. The van der Waals surface area contributed by atoms with Gasteiger partial charge >= 0.3 is 0 Å². The number of nitrogens with one attached hydrogen (secondary N) is 1. The Morgan fingerprint density at radius 1 is 1.25 bits per heavy atom. The van der Waals surface area contributed by atoms with Crippen molar-refractivity contribution in [1.82, 2.24) is 0 Å². The predicted molar refractivity (Wildman–Crippen MR) is 75.1 cm³/mol. The second-order valence-corrected chi connectivity index (χ2v) is 4.74. The molecular formula is C13H8BrFN2O3. The highest BCUT2D eigenvalue weighted by Crippen LogP contribution is 2.27. The predicted octanol–water partition coefficient (Wildman–Crippen LogP) is 3.75.